The Labute approximate surface area is 132 Å². The first kappa shape index (κ1) is 17.1. The van der Waals surface area contributed by atoms with Gasteiger partial charge >= 0.3 is 6.09 Å². The molecule has 22 heavy (non-hydrogen) atoms. The zero-order valence-corrected chi connectivity index (χ0v) is 13.9. The van der Waals surface area contributed by atoms with Gasteiger partial charge in [-0.15, -0.1) is 0 Å². The maximum absolute atomic E-state index is 12.2. The quantitative estimate of drug-likeness (QED) is 0.864. The van der Waals surface area contributed by atoms with Gasteiger partial charge in [-0.3, -0.25) is 4.79 Å². The average molecular weight is 312 g/mol. The van der Waals surface area contributed by atoms with Crippen LogP contribution in [0.4, 0.5) is 4.79 Å². The topological polar surface area (TPSA) is 67.9 Å². The highest BCUT2D eigenvalue weighted by atomic mass is 16.6. The molecule has 0 aromatic heterocycles. The summed E-state index contributed by atoms with van der Waals surface area (Å²) < 4.78 is 10.9. The maximum Gasteiger partial charge on any atom is 0.410 e. The van der Waals surface area contributed by atoms with Crippen molar-refractivity contribution in [1.82, 2.24) is 10.2 Å². The molecule has 2 heterocycles. The lowest BCUT2D eigenvalue weighted by Gasteiger charge is -2.33. The fourth-order valence-electron chi connectivity index (χ4n) is 2.81. The van der Waals surface area contributed by atoms with Crippen LogP contribution < -0.4 is 5.32 Å². The summed E-state index contributed by atoms with van der Waals surface area (Å²) in [7, 11) is 0. The van der Waals surface area contributed by atoms with Crippen LogP contribution in [-0.2, 0) is 14.3 Å². The van der Waals surface area contributed by atoms with E-state index in [2.05, 4.69) is 5.32 Å². The number of piperidine rings is 1. The van der Waals surface area contributed by atoms with Gasteiger partial charge in [0.2, 0.25) is 5.91 Å². The van der Waals surface area contributed by atoms with Gasteiger partial charge in [0, 0.05) is 32.2 Å². The maximum atomic E-state index is 12.2. The van der Waals surface area contributed by atoms with Crippen molar-refractivity contribution in [2.45, 2.75) is 58.2 Å². The number of nitrogens with zero attached hydrogens (tertiary/aromatic N) is 1. The molecule has 2 aliphatic rings. The molecule has 0 bridgehead atoms. The molecule has 1 atom stereocenters. The van der Waals surface area contributed by atoms with Crippen molar-refractivity contribution in [3.8, 4) is 0 Å². The Kier molecular flexibility index (Phi) is 5.67. The normalized spacial score (nSPS) is 23.4. The predicted molar refractivity (Wildman–Crippen MR) is 82.5 cm³/mol. The van der Waals surface area contributed by atoms with E-state index in [4.69, 9.17) is 9.47 Å². The number of likely N-dealkylation sites (tertiary alicyclic amines) is 1. The van der Waals surface area contributed by atoms with Crippen LogP contribution in [0.1, 0.15) is 46.5 Å². The molecule has 0 aromatic rings. The van der Waals surface area contributed by atoms with Crippen molar-refractivity contribution in [3.05, 3.63) is 0 Å². The van der Waals surface area contributed by atoms with Gasteiger partial charge in [0.25, 0.3) is 0 Å². The molecule has 0 aromatic carbocycles. The van der Waals surface area contributed by atoms with Crippen molar-refractivity contribution in [1.29, 1.82) is 0 Å². The fourth-order valence-corrected chi connectivity index (χ4v) is 2.81. The van der Waals surface area contributed by atoms with Crippen molar-refractivity contribution >= 4 is 12.0 Å². The Morgan fingerprint density at radius 3 is 2.45 bits per heavy atom. The van der Waals surface area contributed by atoms with Crippen molar-refractivity contribution < 1.29 is 19.1 Å². The molecule has 2 amide bonds. The van der Waals surface area contributed by atoms with E-state index in [0.717, 1.165) is 19.4 Å². The van der Waals surface area contributed by atoms with E-state index in [1.807, 2.05) is 20.8 Å². The summed E-state index contributed by atoms with van der Waals surface area (Å²) >= 11 is 0. The van der Waals surface area contributed by atoms with Gasteiger partial charge in [0.1, 0.15) is 5.60 Å². The first-order valence-corrected chi connectivity index (χ1v) is 8.22. The van der Waals surface area contributed by atoms with Gasteiger partial charge in [-0.25, -0.2) is 4.79 Å². The Hall–Kier alpha value is -1.30. The number of carbonyl (C=O) groups excluding carboxylic acids is 2. The molecule has 2 saturated heterocycles. The van der Waals surface area contributed by atoms with Gasteiger partial charge in [0.15, 0.2) is 0 Å². The van der Waals surface area contributed by atoms with E-state index in [-0.39, 0.29) is 24.0 Å². The van der Waals surface area contributed by atoms with E-state index < -0.39 is 5.60 Å². The van der Waals surface area contributed by atoms with Crippen LogP contribution in [0, 0.1) is 5.92 Å². The number of ether oxygens (including phenoxy) is 2. The van der Waals surface area contributed by atoms with E-state index in [1.54, 1.807) is 4.90 Å². The summed E-state index contributed by atoms with van der Waals surface area (Å²) in [6, 6.07) is 0. The first-order valence-electron chi connectivity index (χ1n) is 8.22. The highest BCUT2D eigenvalue weighted by molar-refractivity contribution is 5.79. The molecule has 0 saturated carbocycles. The van der Waals surface area contributed by atoms with Crippen LogP contribution in [0.2, 0.25) is 0 Å². The number of amides is 2. The third-order valence-electron chi connectivity index (χ3n) is 4.05. The summed E-state index contributed by atoms with van der Waals surface area (Å²) in [6.07, 6.45) is 3.37. The monoisotopic (exact) mass is 312 g/mol. The SMILES string of the molecule is CC(C)(C)OC(=O)N1CCC(C(=O)NC[C@@H]2CCCO2)CC1. The minimum absolute atomic E-state index is 0.0138. The summed E-state index contributed by atoms with van der Waals surface area (Å²) in [4.78, 5) is 25.8. The van der Waals surface area contributed by atoms with Crippen LogP contribution in [0.5, 0.6) is 0 Å². The van der Waals surface area contributed by atoms with Gasteiger partial charge in [0.05, 0.1) is 6.10 Å². The summed E-state index contributed by atoms with van der Waals surface area (Å²) in [6.45, 7) is 8.13. The summed E-state index contributed by atoms with van der Waals surface area (Å²) in [5, 5.41) is 2.98. The van der Waals surface area contributed by atoms with Crippen molar-refractivity contribution in [2.24, 2.45) is 5.92 Å². The molecule has 0 aliphatic carbocycles. The molecule has 1 N–H and O–H groups in total. The lowest BCUT2D eigenvalue weighted by Crippen LogP contribution is -2.45. The van der Waals surface area contributed by atoms with E-state index in [9.17, 15) is 9.59 Å². The number of rotatable bonds is 3. The lowest BCUT2D eigenvalue weighted by atomic mass is 9.96. The van der Waals surface area contributed by atoms with Crippen LogP contribution in [0.3, 0.4) is 0 Å². The second-order valence-electron chi connectivity index (χ2n) is 7.12. The fraction of sp³-hybridized carbons (Fsp3) is 0.875. The standard InChI is InChI=1S/C16H28N2O4/c1-16(2,3)22-15(20)18-8-6-12(7-9-18)14(19)17-11-13-5-4-10-21-13/h12-13H,4-11H2,1-3H3,(H,17,19)/t13-/m0/s1. The summed E-state index contributed by atoms with van der Waals surface area (Å²) in [5.41, 5.74) is -0.480. The molecule has 0 spiro atoms. The Morgan fingerprint density at radius 2 is 1.91 bits per heavy atom. The Bertz CT molecular complexity index is 391. The number of carbonyl (C=O) groups is 2. The molecule has 126 valence electrons. The molecule has 2 fully saturated rings. The van der Waals surface area contributed by atoms with Crippen LogP contribution in [-0.4, -0.2) is 54.8 Å². The van der Waals surface area contributed by atoms with Crippen LogP contribution in [0.25, 0.3) is 0 Å². The minimum atomic E-state index is -0.480. The Morgan fingerprint density at radius 1 is 1.23 bits per heavy atom. The molecule has 2 aliphatic heterocycles. The van der Waals surface area contributed by atoms with Gasteiger partial charge in [-0.2, -0.15) is 0 Å². The number of hydrogen-bond donors (Lipinski definition) is 1. The Balaban J connectivity index is 1.69. The molecular formula is C16H28N2O4. The van der Waals surface area contributed by atoms with Crippen LogP contribution in [0.15, 0.2) is 0 Å². The second-order valence-corrected chi connectivity index (χ2v) is 7.12. The van der Waals surface area contributed by atoms with Gasteiger partial charge in [-0.1, -0.05) is 0 Å². The van der Waals surface area contributed by atoms with Crippen molar-refractivity contribution in [2.75, 3.05) is 26.2 Å². The molecule has 6 heteroatoms. The molecule has 0 radical (unpaired) electrons. The highest BCUT2D eigenvalue weighted by Gasteiger charge is 2.30. The van der Waals surface area contributed by atoms with Crippen molar-refractivity contribution in [3.63, 3.8) is 0 Å². The predicted octanol–water partition coefficient (Wildman–Crippen LogP) is 1.93. The highest BCUT2D eigenvalue weighted by Crippen LogP contribution is 2.20. The lowest BCUT2D eigenvalue weighted by molar-refractivity contribution is -0.127. The number of hydrogen-bond acceptors (Lipinski definition) is 4. The largest absolute Gasteiger partial charge is 0.444 e. The average Bonchev–Trinajstić information content (AvgIpc) is 2.96. The molecule has 6 nitrogen and oxygen atoms in total. The third kappa shape index (κ3) is 5.16. The smallest absolute Gasteiger partial charge is 0.410 e. The van der Waals surface area contributed by atoms with Gasteiger partial charge in [-0.05, 0) is 46.5 Å². The van der Waals surface area contributed by atoms with E-state index in [1.165, 1.54) is 0 Å². The molecular weight excluding hydrogens is 284 g/mol. The van der Waals surface area contributed by atoms with Crippen LogP contribution >= 0.6 is 0 Å². The second kappa shape index (κ2) is 7.31. The zero-order valence-electron chi connectivity index (χ0n) is 13.9. The third-order valence-corrected chi connectivity index (χ3v) is 4.05. The molecule has 0 unspecified atom stereocenters. The minimum Gasteiger partial charge on any atom is -0.444 e. The van der Waals surface area contributed by atoms with Gasteiger partial charge < -0.3 is 19.7 Å². The first-order chi connectivity index (χ1) is 10.3. The van der Waals surface area contributed by atoms with E-state index in [0.29, 0.717) is 32.5 Å². The van der Waals surface area contributed by atoms with E-state index >= 15 is 0 Å². The zero-order chi connectivity index (χ0) is 16.2. The number of nitrogens with one attached hydrogen (secondary N) is 1. The summed E-state index contributed by atoms with van der Waals surface area (Å²) in [5.74, 6) is 0.0689. The molecule has 2 rings (SSSR count).